The highest BCUT2D eigenvalue weighted by Gasteiger charge is 2.23. The second-order valence-electron chi connectivity index (χ2n) is 3.00. The molecular formula is C9H6ClN3O3. The van der Waals surface area contributed by atoms with E-state index in [0.717, 1.165) is 0 Å². The third kappa shape index (κ3) is 1.59. The average Bonchev–Trinajstić information content (AvgIpc) is 2.64. The lowest BCUT2D eigenvalue weighted by Crippen LogP contribution is -1.94. The number of nitro benzene ring substituents is 1. The molecule has 2 rings (SSSR count). The molecule has 2 aromatic rings. The number of halogens is 1. The number of nitrogen functional groups attached to an aromatic ring is 1. The van der Waals surface area contributed by atoms with Crippen molar-refractivity contribution in [1.82, 2.24) is 5.16 Å². The second kappa shape index (κ2) is 3.82. The van der Waals surface area contributed by atoms with Gasteiger partial charge < -0.3 is 10.3 Å². The molecule has 0 unspecified atom stereocenters. The van der Waals surface area contributed by atoms with Gasteiger partial charge in [-0.3, -0.25) is 10.1 Å². The van der Waals surface area contributed by atoms with Crippen molar-refractivity contribution in [3.05, 3.63) is 39.5 Å². The lowest BCUT2D eigenvalue weighted by molar-refractivity contribution is -0.384. The summed E-state index contributed by atoms with van der Waals surface area (Å²) in [6.07, 6.45) is 1.27. The van der Waals surface area contributed by atoms with Crippen LogP contribution in [0.5, 0.6) is 0 Å². The van der Waals surface area contributed by atoms with Gasteiger partial charge in [0.05, 0.1) is 16.1 Å². The minimum absolute atomic E-state index is 0.109. The summed E-state index contributed by atoms with van der Waals surface area (Å²) in [7, 11) is 0. The second-order valence-corrected chi connectivity index (χ2v) is 3.41. The largest absolute Gasteiger partial charge is 0.394 e. The molecule has 2 N–H and O–H groups in total. The number of benzene rings is 1. The number of nitrogens with zero attached hydrogens (tertiary/aromatic N) is 2. The molecule has 7 heteroatoms. The van der Waals surface area contributed by atoms with Gasteiger partial charge in [-0.15, -0.1) is 0 Å². The number of anilines is 1. The van der Waals surface area contributed by atoms with Crippen LogP contribution in [0.2, 0.25) is 5.02 Å². The van der Waals surface area contributed by atoms with Gasteiger partial charge in [-0.05, 0) is 6.07 Å². The fraction of sp³-hybridized carbons (Fsp3) is 0. The predicted octanol–water partition coefficient (Wildman–Crippen LogP) is 2.49. The van der Waals surface area contributed by atoms with Gasteiger partial charge in [0.1, 0.15) is 11.3 Å². The van der Waals surface area contributed by atoms with E-state index >= 15 is 0 Å². The van der Waals surface area contributed by atoms with Gasteiger partial charge in [-0.25, -0.2) is 0 Å². The zero-order chi connectivity index (χ0) is 11.7. The van der Waals surface area contributed by atoms with Gasteiger partial charge in [-0.2, -0.15) is 0 Å². The standard InChI is InChI=1S/C9H6ClN3O3/c10-5-2-1-3-7(13(14)15)8(5)9-6(11)4-12-16-9/h1-4H,11H2. The molecule has 0 aliphatic rings. The van der Waals surface area contributed by atoms with E-state index in [-0.39, 0.29) is 27.7 Å². The lowest BCUT2D eigenvalue weighted by atomic mass is 10.1. The summed E-state index contributed by atoms with van der Waals surface area (Å²) in [4.78, 5) is 10.3. The van der Waals surface area contributed by atoms with E-state index in [0.29, 0.717) is 0 Å². The maximum absolute atomic E-state index is 10.8. The van der Waals surface area contributed by atoms with Crippen LogP contribution in [0.1, 0.15) is 0 Å². The van der Waals surface area contributed by atoms with Gasteiger partial charge >= 0.3 is 0 Å². The molecule has 1 aromatic heterocycles. The predicted molar refractivity (Wildman–Crippen MR) is 58.0 cm³/mol. The maximum Gasteiger partial charge on any atom is 0.282 e. The molecule has 1 heterocycles. The normalized spacial score (nSPS) is 10.3. The molecule has 0 aliphatic heterocycles. The first-order chi connectivity index (χ1) is 7.61. The van der Waals surface area contributed by atoms with Crippen molar-refractivity contribution in [1.29, 1.82) is 0 Å². The minimum atomic E-state index is -0.552. The summed E-state index contributed by atoms with van der Waals surface area (Å²) in [6.45, 7) is 0. The molecule has 82 valence electrons. The van der Waals surface area contributed by atoms with E-state index < -0.39 is 4.92 Å². The Hall–Kier alpha value is -2.08. The van der Waals surface area contributed by atoms with Crippen LogP contribution in [0.15, 0.2) is 28.9 Å². The van der Waals surface area contributed by atoms with Gasteiger partial charge in [0.15, 0.2) is 5.76 Å². The first kappa shape index (κ1) is 10.4. The number of nitro groups is 1. The molecule has 0 bridgehead atoms. The number of rotatable bonds is 2. The Morgan fingerprint density at radius 1 is 1.50 bits per heavy atom. The zero-order valence-electron chi connectivity index (χ0n) is 7.88. The fourth-order valence-electron chi connectivity index (χ4n) is 1.33. The molecule has 16 heavy (non-hydrogen) atoms. The van der Waals surface area contributed by atoms with Crippen molar-refractivity contribution < 1.29 is 9.45 Å². The molecule has 0 radical (unpaired) electrons. The van der Waals surface area contributed by atoms with Gasteiger partial charge in [0.25, 0.3) is 5.69 Å². The molecule has 6 nitrogen and oxygen atoms in total. The van der Waals surface area contributed by atoms with Crippen LogP contribution >= 0.6 is 11.6 Å². The van der Waals surface area contributed by atoms with E-state index in [9.17, 15) is 10.1 Å². The number of nitrogens with two attached hydrogens (primary N) is 1. The third-order valence-electron chi connectivity index (χ3n) is 2.01. The summed E-state index contributed by atoms with van der Waals surface area (Å²) in [5.74, 6) is 0.109. The Morgan fingerprint density at radius 3 is 2.81 bits per heavy atom. The van der Waals surface area contributed by atoms with Crippen molar-refractivity contribution in [2.45, 2.75) is 0 Å². The van der Waals surface area contributed by atoms with Crippen LogP contribution in [-0.2, 0) is 0 Å². The molecule has 0 amide bonds. The first-order valence-electron chi connectivity index (χ1n) is 4.24. The highest BCUT2D eigenvalue weighted by Crippen LogP contribution is 2.38. The van der Waals surface area contributed by atoms with Crippen molar-refractivity contribution in [3.8, 4) is 11.3 Å². The molecule has 0 spiro atoms. The highest BCUT2D eigenvalue weighted by atomic mass is 35.5. The Morgan fingerprint density at radius 2 is 2.25 bits per heavy atom. The molecule has 0 saturated carbocycles. The SMILES string of the molecule is Nc1cnoc1-c1c(Cl)cccc1[N+](=O)[O-]. The van der Waals surface area contributed by atoms with E-state index in [1.807, 2.05) is 0 Å². The fourth-order valence-corrected chi connectivity index (χ4v) is 1.58. The van der Waals surface area contributed by atoms with Crippen molar-refractivity contribution in [2.24, 2.45) is 0 Å². The van der Waals surface area contributed by atoms with Gasteiger partial charge in [0, 0.05) is 6.07 Å². The van der Waals surface area contributed by atoms with Gasteiger partial charge in [-0.1, -0.05) is 22.8 Å². The third-order valence-corrected chi connectivity index (χ3v) is 2.33. The maximum atomic E-state index is 10.8. The quantitative estimate of drug-likeness (QED) is 0.642. The summed E-state index contributed by atoms with van der Waals surface area (Å²) < 4.78 is 4.86. The monoisotopic (exact) mass is 239 g/mol. The molecule has 0 atom stereocenters. The van der Waals surface area contributed by atoms with Crippen LogP contribution in [0.25, 0.3) is 11.3 Å². The first-order valence-corrected chi connectivity index (χ1v) is 4.62. The van der Waals surface area contributed by atoms with E-state index in [1.165, 1.54) is 24.4 Å². The van der Waals surface area contributed by atoms with Crippen molar-refractivity contribution >= 4 is 23.0 Å². The van der Waals surface area contributed by atoms with Crippen LogP contribution in [-0.4, -0.2) is 10.1 Å². The van der Waals surface area contributed by atoms with E-state index in [2.05, 4.69) is 5.16 Å². The Balaban J connectivity index is 2.73. The van der Waals surface area contributed by atoms with Crippen molar-refractivity contribution in [3.63, 3.8) is 0 Å². The lowest BCUT2D eigenvalue weighted by Gasteiger charge is -2.01. The number of hydrogen-bond donors (Lipinski definition) is 1. The highest BCUT2D eigenvalue weighted by molar-refractivity contribution is 6.33. The topological polar surface area (TPSA) is 95.2 Å². The summed E-state index contributed by atoms with van der Waals surface area (Å²) >= 11 is 5.89. The smallest absolute Gasteiger partial charge is 0.282 e. The average molecular weight is 240 g/mol. The number of aromatic nitrogens is 1. The summed E-state index contributed by atoms with van der Waals surface area (Å²) in [5.41, 5.74) is 5.75. The molecule has 0 saturated heterocycles. The molecular weight excluding hydrogens is 234 g/mol. The summed E-state index contributed by atoms with van der Waals surface area (Å²) in [6, 6.07) is 4.32. The zero-order valence-corrected chi connectivity index (χ0v) is 8.64. The molecule has 0 aliphatic carbocycles. The van der Waals surface area contributed by atoms with Crippen LogP contribution in [0.3, 0.4) is 0 Å². The summed E-state index contributed by atoms with van der Waals surface area (Å²) in [5, 5.41) is 14.5. The Labute approximate surface area is 94.7 Å². The van der Waals surface area contributed by atoms with E-state index in [1.54, 1.807) is 0 Å². The Kier molecular flexibility index (Phi) is 2.49. The number of hydrogen-bond acceptors (Lipinski definition) is 5. The van der Waals surface area contributed by atoms with E-state index in [4.69, 9.17) is 21.9 Å². The van der Waals surface area contributed by atoms with Crippen LogP contribution in [0, 0.1) is 10.1 Å². The van der Waals surface area contributed by atoms with Crippen LogP contribution in [0.4, 0.5) is 11.4 Å². The Bertz CT molecular complexity index is 553. The van der Waals surface area contributed by atoms with Crippen LogP contribution < -0.4 is 5.73 Å². The molecule has 1 aromatic carbocycles. The van der Waals surface area contributed by atoms with Crippen molar-refractivity contribution in [2.75, 3.05) is 5.73 Å². The minimum Gasteiger partial charge on any atom is -0.394 e. The van der Waals surface area contributed by atoms with Gasteiger partial charge in [0.2, 0.25) is 0 Å². The molecule has 0 fully saturated rings.